The van der Waals surface area contributed by atoms with Crippen LogP contribution in [0.1, 0.15) is 29.8 Å². The highest BCUT2D eigenvalue weighted by Gasteiger charge is 2.31. The standard InChI is InChI=1S/C13H17F3N2O2/c1-8(2)18-5-6-20-11-4-3-9(13(14,15)16)7-10(11)12(17)19/h3-4,7-8,18H,5-6H2,1-2H3,(H2,17,19). The second-order valence-electron chi connectivity index (χ2n) is 4.53. The van der Waals surface area contributed by atoms with Crippen LogP contribution < -0.4 is 15.8 Å². The number of carbonyl (C=O) groups is 1. The first-order valence-corrected chi connectivity index (χ1v) is 6.09. The minimum absolute atomic E-state index is 0.0519. The van der Waals surface area contributed by atoms with Gasteiger partial charge in [0.25, 0.3) is 5.91 Å². The maximum absolute atomic E-state index is 12.6. The summed E-state index contributed by atoms with van der Waals surface area (Å²) in [6, 6.07) is 2.94. The quantitative estimate of drug-likeness (QED) is 0.789. The molecule has 1 amide bonds. The van der Waals surface area contributed by atoms with E-state index < -0.39 is 17.6 Å². The van der Waals surface area contributed by atoms with E-state index >= 15 is 0 Å². The summed E-state index contributed by atoms with van der Waals surface area (Å²) in [4.78, 5) is 11.2. The molecule has 0 atom stereocenters. The molecule has 1 rings (SSSR count). The lowest BCUT2D eigenvalue weighted by molar-refractivity contribution is -0.137. The van der Waals surface area contributed by atoms with Gasteiger partial charge in [-0.25, -0.2) is 0 Å². The Morgan fingerprint density at radius 3 is 2.55 bits per heavy atom. The van der Waals surface area contributed by atoms with Crippen LogP contribution in [0.4, 0.5) is 13.2 Å². The first-order valence-electron chi connectivity index (χ1n) is 6.09. The lowest BCUT2D eigenvalue weighted by Gasteiger charge is -2.14. The molecule has 0 spiro atoms. The number of amides is 1. The second kappa shape index (κ2) is 6.60. The predicted octanol–water partition coefficient (Wildman–Crippen LogP) is 2.18. The molecule has 0 aliphatic carbocycles. The van der Waals surface area contributed by atoms with Gasteiger partial charge in [-0.1, -0.05) is 13.8 Å². The molecule has 0 fully saturated rings. The zero-order valence-electron chi connectivity index (χ0n) is 11.3. The number of carbonyl (C=O) groups excluding carboxylic acids is 1. The fourth-order valence-corrected chi connectivity index (χ4v) is 1.53. The van der Waals surface area contributed by atoms with Crippen molar-refractivity contribution in [1.29, 1.82) is 0 Å². The summed E-state index contributed by atoms with van der Waals surface area (Å²) in [5.41, 5.74) is 3.87. The number of halogens is 3. The van der Waals surface area contributed by atoms with Crippen molar-refractivity contribution in [3.8, 4) is 5.75 Å². The van der Waals surface area contributed by atoms with Crippen LogP contribution in [0.25, 0.3) is 0 Å². The van der Waals surface area contributed by atoms with E-state index in [4.69, 9.17) is 10.5 Å². The Hall–Kier alpha value is -1.76. The van der Waals surface area contributed by atoms with Crippen molar-refractivity contribution in [2.45, 2.75) is 26.1 Å². The van der Waals surface area contributed by atoms with Crippen molar-refractivity contribution < 1.29 is 22.7 Å². The van der Waals surface area contributed by atoms with E-state index in [1.54, 1.807) is 0 Å². The summed E-state index contributed by atoms with van der Waals surface area (Å²) in [5, 5.41) is 3.08. The molecule has 3 N–H and O–H groups in total. The fourth-order valence-electron chi connectivity index (χ4n) is 1.53. The maximum Gasteiger partial charge on any atom is 0.416 e. The van der Waals surface area contributed by atoms with E-state index in [1.165, 1.54) is 0 Å². The fraction of sp³-hybridized carbons (Fsp3) is 0.462. The average Bonchev–Trinajstić information content (AvgIpc) is 2.33. The number of hydrogen-bond acceptors (Lipinski definition) is 3. The molecule has 0 saturated heterocycles. The smallest absolute Gasteiger partial charge is 0.416 e. The van der Waals surface area contributed by atoms with Crippen LogP contribution in [-0.4, -0.2) is 25.1 Å². The van der Waals surface area contributed by atoms with Crippen LogP contribution in [0.2, 0.25) is 0 Å². The van der Waals surface area contributed by atoms with Gasteiger partial charge in [0.05, 0.1) is 11.1 Å². The Morgan fingerprint density at radius 1 is 1.40 bits per heavy atom. The van der Waals surface area contributed by atoms with Crippen LogP contribution in [0.5, 0.6) is 5.75 Å². The molecule has 7 heteroatoms. The van der Waals surface area contributed by atoms with Gasteiger partial charge >= 0.3 is 6.18 Å². The van der Waals surface area contributed by atoms with Gasteiger partial charge in [-0.3, -0.25) is 4.79 Å². The molecular weight excluding hydrogens is 273 g/mol. The van der Waals surface area contributed by atoms with Gasteiger partial charge in [0.15, 0.2) is 0 Å². The molecular formula is C13H17F3N2O2. The summed E-state index contributed by atoms with van der Waals surface area (Å²) < 4.78 is 43.0. The third-order valence-corrected chi connectivity index (χ3v) is 2.48. The van der Waals surface area contributed by atoms with Crippen molar-refractivity contribution in [2.24, 2.45) is 5.73 Å². The summed E-state index contributed by atoms with van der Waals surface area (Å²) in [7, 11) is 0. The molecule has 0 aromatic heterocycles. The van der Waals surface area contributed by atoms with E-state index in [-0.39, 0.29) is 24.0 Å². The third-order valence-electron chi connectivity index (χ3n) is 2.48. The van der Waals surface area contributed by atoms with Crippen LogP contribution in [0.3, 0.4) is 0 Å². The molecule has 0 heterocycles. The number of rotatable bonds is 6. The number of benzene rings is 1. The van der Waals surface area contributed by atoms with E-state index in [0.29, 0.717) is 12.6 Å². The molecule has 4 nitrogen and oxygen atoms in total. The Bertz CT molecular complexity index is 473. The first-order chi connectivity index (χ1) is 9.21. The molecule has 0 aliphatic heterocycles. The molecule has 0 bridgehead atoms. The molecule has 1 aromatic carbocycles. The number of nitrogens with two attached hydrogens (primary N) is 1. The van der Waals surface area contributed by atoms with Gasteiger partial charge in [-0.15, -0.1) is 0 Å². The Kier molecular flexibility index (Phi) is 5.38. The molecule has 0 unspecified atom stereocenters. The highest BCUT2D eigenvalue weighted by Crippen LogP contribution is 2.32. The van der Waals surface area contributed by atoms with E-state index in [0.717, 1.165) is 12.1 Å². The Morgan fingerprint density at radius 2 is 2.05 bits per heavy atom. The maximum atomic E-state index is 12.6. The second-order valence-corrected chi connectivity index (χ2v) is 4.53. The van der Waals surface area contributed by atoms with E-state index in [1.807, 2.05) is 13.8 Å². The van der Waals surface area contributed by atoms with Crippen LogP contribution in [0, 0.1) is 0 Å². The lowest BCUT2D eigenvalue weighted by atomic mass is 10.1. The molecule has 0 radical (unpaired) electrons. The van der Waals surface area contributed by atoms with Crippen molar-refractivity contribution in [2.75, 3.05) is 13.2 Å². The summed E-state index contributed by atoms with van der Waals surface area (Å²) in [6.45, 7) is 4.64. The molecule has 0 saturated carbocycles. The summed E-state index contributed by atoms with van der Waals surface area (Å²) in [6.07, 6.45) is -4.53. The topological polar surface area (TPSA) is 64.3 Å². The van der Waals surface area contributed by atoms with Gasteiger partial charge in [0.1, 0.15) is 12.4 Å². The summed E-state index contributed by atoms with van der Waals surface area (Å²) >= 11 is 0. The van der Waals surface area contributed by atoms with Gasteiger partial charge in [0, 0.05) is 12.6 Å². The normalized spacial score (nSPS) is 11.7. The minimum Gasteiger partial charge on any atom is -0.491 e. The van der Waals surface area contributed by atoms with Gasteiger partial charge in [0.2, 0.25) is 0 Å². The predicted molar refractivity (Wildman–Crippen MR) is 68.6 cm³/mol. The van der Waals surface area contributed by atoms with E-state index in [2.05, 4.69) is 5.32 Å². The third kappa shape index (κ3) is 4.73. The Labute approximate surface area is 115 Å². The largest absolute Gasteiger partial charge is 0.491 e. The van der Waals surface area contributed by atoms with Crippen LogP contribution in [0.15, 0.2) is 18.2 Å². The van der Waals surface area contributed by atoms with Gasteiger partial charge in [-0.2, -0.15) is 13.2 Å². The van der Waals surface area contributed by atoms with Crippen molar-refractivity contribution >= 4 is 5.91 Å². The first kappa shape index (κ1) is 16.3. The monoisotopic (exact) mass is 290 g/mol. The highest BCUT2D eigenvalue weighted by atomic mass is 19.4. The SMILES string of the molecule is CC(C)NCCOc1ccc(C(F)(F)F)cc1C(N)=O. The number of nitrogens with one attached hydrogen (secondary N) is 1. The van der Waals surface area contributed by atoms with Crippen LogP contribution in [-0.2, 0) is 6.18 Å². The molecule has 112 valence electrons. The summed E-state index contributed by atoms with van der Waals surface area (Å²) in [5.74, 6) is -0.904. The zero-order chi connectivity index (χ0) is 15.3. The zero-order valence-corrected chi connectivity index (χ0v) is 11.3. The van der Waals surface area contributed by atoms with Gasteiger partial charge in [-0.05, 0) is 18.2 Å². The molecule has 0 aliphatic rings. The average molecular weight is 290 g/mol. The van der Waals surface area contributed by atoms with Crippen LogP contribution >= 0.6 is 0 Å². The van der Waals surface area contributed by atoms with Crippen molar-refractivity contribution in [3.05, 3.63) is 29.3 Å². The number of hydrogen-bond donors (Lipinski definition) is 2. The highest BCUT2D eigenvalue weighted by molar-refractivity contribution is 5.95. The van der Waals surface area contributed by atoms with Crippen molar-refractivity contribution in [1.82, 2.24) is 5.32 Å². The Balaban J connectivity index is 2.83. The van der Waals surface area contributed by atoms with Crippen molar-refractivity contribution in [3.63, 3.8) is 0 Å². The number of primary amides is 1. The minimum atomic E-state index is -4.53. The van der Waals surface area contributed by atoms with Gasteiger partial charge < -0.3 is 15.8 Å². The lowest BCUT2D eigenvalue weighted by Crippen LogP contribution is -2.28. The number of alkyl halides is 3. The number of ether oxygens (including phenoxy) is 1. The van der Waals surface area contributed by atoms with E-state index in [9.17, 15) is 18.0 Å². The molecule has 20 heavy (non-hydrogen) atoms. The molecule has 1 aromatic rings.